The smallest absolute Gasteiger partial charge is 0.235 e. The number of rotatable bonds is 6. The molecule has 0 saturated carbocycles. The first-order valence-corrected chi connectivity index (χ1v) is 24.6. The summed E-state index contributed by atoms with van der Waals surface area (Å²) in [5.41, 5.74) is 15.5. The van der Waals surface area contributed by atoms with E-state index in [1.54, 1.807) is 11.3 Å². The third kappa shape index (κ3) is 5.78. The Morgan fingerprint density at radius 1 is 0.343 bits per heavy atom. The largest absolute Gasteiger partial charge is 0.309 e. The number of aromatic nitrogens is 5. The summed E-state index contributed by atoms with van der Waals surface area (Å²) in [7, 11) is 0. The Kier molecular flexibility index (Phi) is 8.46. The first-order chi connectivity index (χ1) is 34.7. The van der Waals surface area contributed by atoms with Crippen LogP contribution < -0.4 is 0 Å². The maximum absolute atomic E-state index is 5.70. The Hall–Kier alpha value is -9.10. The van der Waals surface area contributed by atoms with E-state index in [-0.39, 0.29) is 0 Å². The molecule has 15 aromatic rings. The van der Waals surface area contributed by atoms with Crippen molar-refractivity contribution >= 4 is 97.7 Å². The monoisotopic (exact) mass is 909 g/mol. The van der Waals surface area contributed by atoms with Gasteiger partial charge in [-0.15, -0.1) is 11.3 Å². The molecule has 0 amide bonds. The second-order valence-electron chi connectivity index (χ2n) is 18.1. The maximum atomic E-state index is 5.70. The molecule has 0 radical (unpaired) electrons. The van der Waals surface area contributed by atoms with Gasteiger partial charge in [-0.1, -0.05) is 164 Å². The van der Waals surface area contributed by atoms with Crippen LogP contribution in [0.15, 0.2) is 237 Å². The summed E-state index contributed by atoms with van der Waals surface area (Å²) in [6.07, 6.45) is 0. The number of benzene rings is 10. The number of hydrogen-bond acceptors (Lipinski definition) is 3. The highest BCUT2D eigenvalue weighted by Gasteiger charge is 2.23. The summed E-state index contributed by atoms with van der Waals surface area (Å²) in [6, 6.07) is 85.5. The predicted octanol–water partition coefficient (Wildman–Crippen LogP) is 17.1. The van der Waals surface area contributed by atoms with E-state index in [1.165, 1.54) is 59.8 Å². The van der Waals surface area contributed by atoms with Gasteiger partial charge >= 0.3 is 0 Å². The van der Waals surface area contributed by atoms with Gasteiger partial charge in [0.25, 0.3) is 0 Å². The molecular formula is C64H39N5S. The molecule has 326 valence electrons. The molecule has 0 aliphatic rings. The molecule has 0 aliphatic carbocycles. The zero-order valence-corrected chi connectivity index (χ0v) is 38.5. The highest BCUT2D eigenvalue weighted by Crippen LogP contribution is 2.45. The molecule has 5 heterocycles. The van der Waals surface area contributed by atoms with E-state index in [2.05, 4.69) is 250 Å². The molecule has 70 heavy (non-hydrogen) atoms. The SMILES string of the molecule is c1ccc(-c2cc3nc(-n4c5ccc(-c6cccc7c8ccccc8n(-c8ccccc8)c67)cc5c5c6ccccc6ccc54)nc(-c4ccc5c(c4)c4ccccc4n5-c4ccccc4)c3s2)cc1. The third-order valence-corrected chi connectivity index (χ3v) is 15.4. The predicted molar refractivity (Wildman–Crippen MR) is 294 cm³/mol. The van der Waals surface area contributed by atoms with Crippen LogP contribution in [0, 0.1) is 0 Å². The van der Waals surface area contributed by atoms with Gasteiger partial charge in [0.15, 0.2) is 0 Å². The second-order valence-corrected chi connectivity index (χ2v) is 19.2. The molecule has 5 nitrogen and oxygen atoms in total. The topological polar surface area (TPSA) is 40.6 Å². The summed E-state index contributed by atoms with van der Waals surface area (Å²) < 4.78 is 8.15. The zero-order valence-electron chi connectivity index (χ0n) is 37.7. The maximum Gasteiger partial charge on any atom is 0.235 e. The fourth-order valence-corrected chi connectivity index (χ4v) is 12.3. The van der Waals surface area contributed by atoms with E-state index in [0.717, 1.165) is 70.8 Å². The average Bonchev–Trinajstić information content (AvgIpc) is 4.19. The van der Waals surface area contributed by atoms with Crippen LogP contribution in [0.2, 0.25) is 0 Å². The summed E-state index contributed by atoms with van der Waals surface area (Å²) in [5.74, 6) is 0.640. The first-order valence-electron chi connectivity index (χ1n) is 23.7. The van der Waals surface area contributed by atoms with Crippen molar-refractivity contribution < 1.29 is 0 Å². The Morgan fingerprint density at radius 3 is 1.69 bits per heavy atom. The first kappa shape index (κ1) is 38.9. The standard InChI is InChI=1S/C64H39N5S/c1-4-18-41(19-5-1)59-39-53-63(70-59)61(43-33-35-56-51(38-43)49-26-13-14-29-54(49)67(56)44-20-6-2-7-21-44)66-64(65-53)69-57-34-32-42(37-52(57)60-46-24-11-10-17-40(46)31-36-58(60)69)47-27-16-28-50-48-25-12-15-30-55(48)68(62(47)50)45-22-8-3-9-23-45/h1-39H. The van der Waals surface area contributed by atoms with Gasteiger partial charge in [-0.05, 0) is 94.7 Å². The summed E-state index contributed by atoms with van der Waals surface area (Å²) in [5, 5.41) is 9.57. The molecule has 15 rings (SSSR count). The molecule has 0 saturated heterocycles. The lowest BCUT2D eigenvalue weighted by atomic mass is 9.98. The Morgan fingerprint density at radius 2 is 0.914 bits per heavy atom. The summed E-state index contributed by atoms with van der Waals surface area (Å²) >= 11 is 1.76. The molecule has 6 heteroatoms. The Bertz CT molecular complexity index is 4580. The van der Waals surface area contributed by atoms with Gasteiger partial charge in [0.05, 0.1) is 49.0 Å². The minimum atomic E-state index is 0.640. The van der Waals surface area contributed by atoms with Crippen LogP contribution in [-0.4, -0.2) is 23.7 Å². The number of hydrogen-bond donors (Lipinski definition) is 0. The molecule has 0 spiro atoms. The highest BCUT2D eigenvalue weighted by atomic mass is 32.1. The summed E-state index contributed by atoms with van der Waals surface area (Å²) in [6.45, 7) is 0. The van der Waals surface area contributed by atoms with Crippen LogP contribution in [0.5, 0.6) is 0 Å². The fourth-order valence-electron chi connectivity index (χ4n) is 11.2. The minimum Gasteiger partial charge on any atom is -0.309 e. The zero-order chi connectivity index (χ0) is 45.9. The molecule has 0 fully saturated rings. The average molecular weight is 910 g/mol. The third-order valence-electron chi connectivity index (χ3n) is 14.3. The van der Waals surface area contributed by atoms with Gasteiger partial charge < -0.3 is 9.13 Å². The fraction of sp³-hybridized carbons (Fsp3) is 0. The molecular weight excluding hydrogens is 871 g/mol. The van der Waals surface area contributed by atoms with Crippen molar-refractivity contribution in [3.05, 3.63) is 237 Å². The molecule has 0 aliphatic heterocycles. The van der Waals surface area contributed by atoms with E-state index in [0.29, 0.717) is 5.95 Å². The van der Waals surface area contributed by atoms with Gasteiger partial charge in [-0.25, -0.2) is 9.97 Å². The van der Waals surface area contributed by atoms with E-state index in [4.69, 9.17) is 9.97 Å². The lowest BCUT2D eigenvalue weighted by Crippen LogP contribution is -2.02. The molecule has 0 bridgehead atoms. The number of fused-ring (bicyclic) bond motifs is 12. The lowest BCUT2D eigenvalue weighted by molar-refractivity contribution is 1.02. The van der Waals surface area contributed by atoms with Gasteiger partial charge in [-0.3, -0.25) is 4.57 Å². The quantitative estimate of drug-likeness (QED) is 0.167. The number of nitrogens with zero attached hydrogens (tertiary/aromatic N) is 5. The van der Waals surface area contributed by atoms with Crippen molar-refractivity contribution in [1.82, 2.24) is 23.7 Å². The van der Waals surface area contributed by atoms with Crippen LogP contribution in [0.3, 0.4) is 0 Å². The van der Waals surface area contributed by atoms with Gasteiger partial charge in [-0.2, -0.15) is 0 Å². The molecule has 0 atom stereocenters. The second kappa shape index (κ2) is 15.2. The van der Waals surface area contributed by atoms with Crippen molar-refractivity contribution in [2.24, 2.45) is 0 Å². The number of thiophene rings is 1. The molecule has 10 aromatic carbocycles. The van der Waals surface area contributed by atoms with Gasteiger partial charge in [0, 0.05) is 59.7 Å². The lowest BCUT2D eigenvalue weighted by Gasteiger charge is -2.12. The van der Waals surface area contributed by atoms with Gasteiger partial charge in [0.2, 0.25) is 5.95 Å². The van der Waals surface area contributed by atoms with E-state index in [9.17, 15) is 0 Å². The van der Waals surface area contributed by atoms with Crippen LogP contribution in [-0.2, 0) is 0 Å². The van der Waals surface area contributed by atoms with Crippen molar-refractivity contribution in [1.29, 1.82) is 0 Å². The van der Waals surface area contributed by atoms with Crippen molar-refractivity contribution in [3.63, 3.8) is 0 Å². The van der Waals surface area contributed by atoms with Crippen LogP contribution >= 0.6 is 11.3 Å². The molecule has 0 N–H and O–H groups in total. The molecule has 0 unspecified atom stereocenters. The van der Waals surface area contributed by atoms with E-state index >= 15 is 0 Å². The van der Waals surface area contributed by atoms with Crippen LogP contribution in [0.25, 0.3) is 137 Å². The Labute approximate surface area is 406 Å². The van der Waals surface area contributed by atoms with E-state index in [1.807, 2.05) is 0 Å². The van der Waals surface area contributed by atoms with E-state index < -0.39 is 0 Å². The summed E-state index contributed by atoms with van der Waals surface area (Å²) in [4.78, 5) is 12.4. The van der Waals surface area contributed by atoms with Crippen molar-refractivity contribution in [3.8, 4) is 50.1 Å². The number of para-hydroxylation sites is 5. The Balaban J connectivity index is 1.00. The highest BCUT2D eigenvalue weighted by molar-refractivity contribution is 7.22. The van der Waals surface area contributed by atoms with Crippen LogP contribution in [0.1, 0.15) is 0 Å². The van der Waals surface area contributed by atoms with Crippen LogP contribution in [0.4, 0.5) is 0 Å². The normalized spacial score (nSPS) is 12.0. The molecule has 5 aromatic heterocycles. The van der Waals surface area contributed by atoms with Crippen molar-refractivity contribution in [2.75, 3.05) is 0 Å². The van der Waals surface area contributed by atoms with Crippen molar-refractivity contribution in [2.45, 2.75) is 0 Å². The van der Waals surface area contributed by atoms with Gasteiger partial charge in [0.1, 0.15) is 0 Å². The minimum absolute atomic E-state index is 0.640.